The van der Waals surface area contributed by atoms with Crippen LogP contribution in [0, 0.1) is 13.8 Å². The van der Waals surface area contributed by atoms with Crippen molar-refractivity contribution in [2.75, 3.05) is 11.9 Å². The van der Waals surface area contributed by atoms with Gasteiger partial charge in [-0.05, 0) is 13.8 Å². The maximum Gasteiger partial charge on any atom is 0.322 e. The molecule has 5 heteroatoms. The molecular formula is C8H11N3O2. The molecule has 0 aromatic carbocycles. The number of carboxylic acids is 1. The van der Waals surface area contributed by atoms with Gasteiger partial charge < -0.3 is 10.4 Å². The summed E-state index contributed by atoms with van der Waals surface area (Å²) < 4.78 is 0. The van der Waals surface area contributed by atoms with E-state index in [9.17, 15) is 4.79 Å². The molecule has 1 rings (SSSR count). The van der Waals surface area contributed by atoms with Crippen molar-refractivity contribution in [2.45, 2.75) is 13.8 Å². The van der Waals surface area contributed by atoms with Crippen LogP contribution >= 0.6 is 0 Å². The monoisotopic (exact) mass is 181 g/mol. The molecular weight excluding hydrogens is 170 g/mol. The molecule has 0 spiro atoms. The summed E-state index contributed by atoms with van der Waals surface area (Å²) >= 11 is 0. The van der Waals surface area contributed by atoms with Crippen molar-refractivity contribution >= 4 is 11.8 Å². The van der Waals surface area contributed by atoms with Gasteiger partial charge in [-0.3, -0.25) is 4.79 Å². The number of rotatable bonds is 3. The van der Waals surface area contributed by atoms with E-state index in [2.05, 4.69) is 15.3 Å². The van der Waals surface area contributed by atoms with E-state index < -0.39 is 5.97 Å². The zero-order valence-electron chi connectivity index (χ0n) is 7.53. The number of aliphatic carboxylic acids is 1. The fourth-order valence-corrected chi connectivity index (χ4v) is 0.876. The third kappa shape index (κ3) is 2.40. The van der Waals surface area contributed by atoms with Gasteiger partial charge in [0.25, 0.3) is 0 Å². The second-order valence-electron chi connectivity index (χ2n) is 2.68. The molecule has 0 saturated carbocycles. The Hall–Kier alpha value is -1.65. The molecule has 0 bridgehead atoms. The molecule has 0 saturated heterocycles. The molecule has 1 aromatic heterocycles. The number of aromatic nitrogens is 2. The fourth-order valence-electron chi connectivity index (χ4n) is 0.876. The smallest absolute Gasteiger partial charge is 0.322 e. The minimum Gasteiger partial charge on any atom is -0.480 e. The Balaban J connectivity index is 2.77. The van der Waals surface area contributed by atoms with Crippen molar-refractivity contribution in [3.05, 3.63) is 17.6 Å². The van der Waals surface area contributed by atoms with Crippen molar-refractivity contribution in [3.8, 4) is 0 Å². The number of hydrogen-bond donors (Lipinski definition) is 2. The van der Waals surface area contributed by atoms with E-state index in [-0.39, 0.29) is 6.54 Å². The van der Waals surface area contributed by atoms with E-state index in [1.165, 1.54) is 6.33 Å². The van der Waals surface area contributed by atoms with Gasteiger partial charge in [0.15, 0.2) is 0 Å². The lowest BCUT2D eigenvalue weighted by molar-refractivity contribution is -0.134. The van der Waals surface area contributed by atoms with Crippen molar-refractivity contribution in [3.63, 3.8) is 0 Å². The number of aryl methyl sites for hydroxylation is 1. The Morgan fingerprint density at radius 2 is 2.23 bits per heavy atom. The van der Waals surface area contributed by atoms with Crippen molar-refractivity contribution in [1.29, 1.82) is 0 Å². The molecule has 0 aliphatic heterocycles. The number of carbonyl (C=O) groups is 1. The third-order valence-electron chi connectivity index (χ3n) is 1.74. The summed E-state index contributed by atoms with van der Waals surface area (Å²) in [5.74, 6) is -0.328. The van der Waals surface area contributed by atoms with Gasteiger partial charge >= 0.3 is 5.97 Å². The summed E-state index contributed by atoms with van der Waals surface area (Å²) in [5.41, 5.74) is 1.73. The number of carboxylic acid groups (broad SMARTS) is 1. The number of hydrogen-bond acceptors (Lipinski definition) is 4. The van der Waals surface area contributed by atoms with Gasteiger partial charge in [0, 0.05) is 11.3 Å². The number of anilines is 1. The molecule has 5 nitrogen and oxygen atoms in total. The van der Waals surface area contributed by atoms with Gasteiger partial charge in [-0.15, -0.1) is 0 Å². The van der Waals surface area contributed by atoms with Crippen LogP contribution in [0.15, 0.2) is 6.33 Å². The largest absolute Gasteiger partial charge is 0.480 e. The standard InChI is InChI=1S/C8H11N3O2/c1-5-6(2)10-4-11-8(5)9-3-7(12)13/h4H,3H2,1-2H3,(H,12,13)(H,9,10,11). The van der Waals surface area contributed by atoms with E-state index in [1.807, 2.05) is 13.8 Å². The Morgan fingerprint density at radius 3 is 2.85 bits per heavy atom. The number of nitrogens with one attached hydrogen (secondary N) is 1. The highest BCUT2D eigenvalue weighted by atomic mass is 16.4. The molecule has 0 aliphatic rings. The Kier molecular flexibility index (Phi) is 2.79. The van der Waals surface area contributed by atoms with E-state index in [4.69, 9.17) is 5.11 Å². The predicted molar refractivity (Wildman–Crippen MR) is 47.6 cm³/mol. The van der Waals surface area contributed by atoms with E-state index in [1.54, 1.807) is 0 Å². The first-order valence-electron chi connectivity index (χ1n) is 3.85. The molecule has 0 amide bonds. The second-order valence-corrected chi connectivity index (χ2v) is 2.68. The lowest BCUT2D eigenvalue weighted by Crippen LogP contribution is -2.14. The first-order valence-corrected chi connectivity index (χ1v) is 3.85. The molecule has 70 valence electrons. The quantitative estimate of drug-likeness (QED) is 0.713. The van der Waals surface area contributed by atoms with Crippen molar-refractivity contribution < 1.29 is 9.90 Å². The molecule has 1 heterocycles. The van der Waals surface area contributed by atoms with Crippen LogP contribution < -0.4 is 5.32 Å². The average Bonchev–Trinajstić information content (AvgIpc) is 2.07. The molecule has 2 N–H and O–H groups in total. The highest BCUT2D eigenvalue weighted by Crippen LogP contribution is 2.11. The average molecular weight is 181 g/mol. The first-order chi connectivity index (χ1) is 6.11. The summed E-state index contributed by atoms with van der Waals surface area (Å²) in [5, 5.41) is 11.1. The lowest BCUT2D eigenvalue weighted by atomic mass is 10.2. The van der Waals surface area contributed by atoms with Gasteiger partial charge in [0.2, 0.25) is 0 Å². The van der Waals surface area contributed by atoms with Gasteiger partial charge in [0.1, 0.15) is 18.7 Å². The fraction of sp³-hybridized carbons (Fsp3) is 0.375. The summed E-state index contributed by atoms with van der Waals surface area (Å²) in [6.07, 6.45) is 1.41. The molecule has 0 atom stereocenters. The van der Waals surface area contributed by atoms with Crippen LogP contribution in [0.2, 0.25) is 0 Å². The summed E-state index contributed by atoms with van der Waals surface area (Å²) in [6, 6.07) is 0. The van der Waals surface area contributed by atoms with Gasteiger partial charge in [-0.1, -0.05) is 0 Å². The zero-order chi connectivity index (χ0) is 9.84. The van der Waals surface area contributed by atoms with Gasteiger partial charge in [-0.25, -0.2) is 9.97 Å². The van der Waals surface area contributed by atoms with Crippen LogP contribution in [-0.4, -0.2) is 27.6 Å². The summed E-state index contributed by atoms with van der Waals surface area (Å²) in [4.78, 5) is 18.2. The molecule has 0 aliphatic carbocycles. The van der Waals surface area contributed by atoms with Crippen LogP contribution in [0.4, 0.5) is 5.82 Å². The van der Waals surface area contributed by atoms with E-state index in [0.29, 0.717) is 5.82 Å². The highest BCUT2D eigenvalue weighted by molar-refractivity contribution is 5.72. The van der Waals surface area contributed by atoms with Crippen LogP contribution in [0.1, 0.15) is 11.3 Å². The molecule has 13 heavy (non-hydrogen) atoms. The SMILES string of the molecule is Cc1ncnc(NCC(=O)O)c1C. The third-order valence-corrected chi connectivity index (χ3v) is 1.74. The molecule has 0 radical (unpaired) electrons. The zero-order valence-corrected chi connectivity index (χ0v) is 7.53. The van der Waals surface area contributed by atoms with Gasteiger partial charge in [0.05, 0.1) is 0 Å². The minimum absolute atomic E-state index is 0.128. The molecule has 1 aromatic rings. The topological polar surface area (TPSA) is 75.1 Å². The minimum atomic E-state index is -0.907. The highest BCUT2D eigenvalue weighted by Gasteiger charge is 2.03. The van der Waals surface area contributed by atoms with Gasteiger partial charge in [-0.2, -0.15) is 0 Å². The second kappa shape index (κ2) is 3.84. The first kappa shape index (κ1) is 9.44. The van der Waals surface area contributed by atoms with Crippen LogP contribution in [0.25, 0.3) is 0 Å². The molecule has 0 unspecified atom stereocenters. The van der Waals surface area contributed by atoms with Crippen molar-refractivity contribution in [1.82, 2.24) is 9.97 Å². The Morgan fingerprint density at radius 1 is 1.54 bits per heavy atom. The summed E-state index contributed by atoms with van der Waals surface area (Å²) in [6.45, 7) is 3.57. The maximum atomic E-state index is 10.3. The summed E-state index contributed by atoms with van der Waals surface area (Å²) in [7, 11) is 0. The predicted octanol–water partition coefficient (Wildman–Crippen LogP) is 0.590. The van der Waals surface area contributed by atoms with Crippen molar-refractivity contribution in [2.24, 2.45) is 0 Å². The maximum absolute atomic E-state index is 10.3. The Bertz CT molecular complexity index is 325. The van der Waals surface area contributed by atoms with E-state index in [0.717, 1.165) is 11.3 Å². The van der Waals surface area contributed by atoms with Crippen LogP contribution in [0.3, 0.4) is 0 Å². The van der Waals surface area contributed by atoms with Crippen LogP contribution in [-0.2, 0) is 4.79 Å². The van der Waals surface area contributed by atoms with Crippen LogP contribution in [0.5, 0.6) is 0 Å². The molecule has 0 fully saturated rings. The number of nitrogens with zero attached hydrogens (tertiary/aromatic N) is 2. The lowest BCUT2D eigenvalue weighted by Gasteiger charge is -2.06. The normalized spacial score (nSPS) is 9.69. The van der Waals surface area contributed by atoms with E-state index >= 15 is 0 Å². The Labute approximate surface area is 75.8 Å².